The first-order valence-electron chi connectivity index (χ1n) is 6.73. The highest BCUT2D eigenvalue weighted by Gasteiger charge is 2.33. The third-order valence-electron chi connectivity index (χ3n) is 3.67. The highest BCUT2D eigenvalue weighted by Crippen LogP contribution is 2.34. The van der Waals surface area contributed by atoms with Crippen LogP contribution < -0.4 is 11.1 Å². The third-order valence-corrected chi connectivity index (χ3v) is 5.49. The second kappa shape index (κ2) is 5.19. The lowest BCUT2D eigenvalue weighted by atomic mass is 10.0. The molecule has 0 saturated carbocycles. The van der Waals surface area contributed by atoms with E-state index in [9.17, 15) is 13.2 Å². The molecule has 1 aliphatic heterocycles. The standard InChI is InChI=1S/C15H15N3O3S/c1-9-6-12-13(16)8-22(20,21)14(12)7-11(9)15(19)18-10-2-4-17-5-3-10/h2-7,13H,8,16H2,1H3,(H,17,18,19). The molecule has 3 N–H and O–H groups in total. The van der Waals surface area contributed by atoms with E-state index in [2.05, 4.69) is 10.3 Å². The van der Waals surface area contributed by atoms with Gasteiger partial charge in [0.1, 0.15) is 0 Å². The molecule has 1 unspecified atom stereocenters. The number of fused-ring (bicyclic) bond motifs is 1. The van der Waals surface area contributed by atoms with E-state index in [0.717, 1.165) is 0 Å². The molecule has 22 heavy (non-hydrogen) atoms. The second-order valence-corrected chi connectivity index (χ2v) is 7.29. The van der Waals surface area contributed by atoms with Crippen molar-refractivity contribution in [2.45, 2.75) is 17.9 Å². The molecule has 6 nitrogen and oxygen atoms in total. The van der Waals surface area contributed by atoms with Crippen molar-refractivity contribution in [2.75, 3.05) is 11.1 Å². The van der Waals surface area contributed by atoms with Crippen molar-refractivity contribution in [2.24, 2.45) is 5.73 Å². The minimum Gasteiger partial charge on any atom is -0.323 e. The van der Waals surface area contributed by atoms with Crippen LogP contribution in [-0.4, -0.2) is 25.1 Å². The smallest absolute Gasteiger partial charge is 0.255 e. The maximum Gasteiger partial charge on any atom is 0.255 e. The van der Waals surface area contributed by atoms with Gasteiger partial charge in [-0.3, -0.25) is 9.78 Å². The predicted molar refractivity (Wildman–Crippen MR) is 82.4 cm³/mol. The zero-order valence-corrected chi connectivity index (χ0v) is 12.7. The Morgan fingerprint density at radius 3 is 2.68 bits per heavy atom. The molecule has 1 aliphatic rings. The van der Waals surface area contributed by atoms with Crippen molar-refractivity contribution < 1.29 is 13.2 Å². The van der Waals surface area contributed by atoms with E-state index >= 15 is 0 Å². The van der Waals surface area contributed by atoms with Crippen LogP contribution in [0.25, 0.3) is 0 Å². The lowest BCUT2D eigenvalue weighted by Gasteiger charge is -2.10. The van der Waals surface area contributed by atoms with Crippen LogP contribution in [0.3, 0.4) is 0 Å². The molecule has 0 bridgehead atoms. The van der Waals surface area contributed by atoms with E-state index in [4.69, 9.17) is 5.73 Å². The van der Waals surface area contributed by atoms with Gasteiger partial charge in [0.25, 0.3) is 5.91 Å². The topological polar surface area (TPSA) is 102 Å². The number of aromatic nitrogens is 1. The highest BCUT2D eigenvalue weighted by atomic mass is 32.2. The summed E-state index contributed by atoms with van der Waals surface area (Å²) >= 11 is 0. The number of hydrogen-bond acceptors (Lipinski definition) is 5. The zero-order valence-electron chi connectivity index (χ0n) is 11.9. The van der Waals surface area contributed by atoms with Gasteiger partial charge in [0.2, 0.25) is 0 Å². The van der Waals surface area contributed by atoms with Crippen molar-refractivity contribution >= 4 is 21.4 Å². The molecule has 2 aromatic rings. The van der Waals surface area contributed by atoms with E-state index in [0.29, 0.717) is 22.4 Å². The summed E-state index contributed by atoms with van der Waals surface area (Å²) in [5, 5.41) is 2.72. The molecule has 1 aromatic carbocycles. The molecule has 114 valence electrons. The van der Waals surface area contributed by atoms with E-state index in [1.54, 1.807) is 37.5 Å². The number of hydrogen-bond donors (Lipinski definition) is 2. The minimum atomic E-state index is -3.42. The molecule has 3 rings (SSSR count). The number of sulfone groups is 1. The van der Waals surface area contributed by atoms with Gasteiger partial charge in [-0.15, -0.1) is 0 Å². The third kappa shape index (κ3) is 2.49. The number of benzene rings is 1. The number of carbonyl (C=O) groups is 1. The Bertz CT molecular complexity index is 848. The average molecular weight is 317 g/mol. The number of aryl methyl sites for hydroxylation is 1. The number of carbonyl (C=O) groups excluding carboxylic acids is 1. The van der Waals surface area contributed by atoms with E-state index in [1.165, 1.54) is 6.07 Å². The fourth-order valence-electron chi connectivity index (χ4n) is 2.56. The fraction of sp³-hybridized carbons (Fsp3) is 0.200. The number of amides is 1. The van der Waals surface area contributed by atoms with Gasteiger partial charge in [-0.05, 0) is 36.2 Å². The Morgan fingerprint density at radius 2 is 2.00 bits per heavy atom. The Labute approximate surface area is 128 Å². The summed E-state index contributed by atoms with van der Waals surface area (Å²) in [6, 6.07) is 5.90. The molecule has 1 atom stereocenters. The Morgan fingerprint density at radius 1 is 1.32 bits per heavy atom. The monoisotopic (exact) mass is 317 g/mol. The Balaban J connectivity index is 2.01. The molecule has 0 radical (unpaired) electrons. The molecular weight excluding hydrogens is 302 g/mol. The quantitative estimate of drug-likeness (QED) is 0.872. The van der Waals surface area contributed by atoms with Crippen molar-refractivity contribution in [1.29, 1.82) is 0 Å². The molecular formula is C15H15N3O3S. The van der Waals surface area contributed by atoms with Gasteiger partial charge in [0.05, 0.1) is 10.6 Å². The maximum atomic E-state index is 12.4. The van der Waals surface area contributed by atoms with Crippen LogP contribution in [-0.2, 0) is 9.84 Å². The summed E-state index contributed by atoms with van der Waals surface area (Å²) in [4.78, 5) is 16.4. The molecule has 7 heteroatoms. The highest BCUT2D eigenvalue weighted by molar-refractivity contribution is 7.91. The summed E-state index contributed by atoms with van der Waals surface area (Å²) in [5.41, 5.74) is 8.05. The Kier molecular flexibility index (Phi) is 3.46. The lowest BCUT2D eigenvalue weighted by Crippen LogP contribution is -2.14. The summed E-state index contributed by atoms with van der Waals surface area (Å²) in [6.07, 6.45) is 3.13. The molecule has 0 saturated heterocycles. The average Bonchev–Trinajstić information content (AvgIpc) is 2.68. The van der Waals surface area contributed by atoms with E-state index < -0.39 is 15.9 Å². The molecule has 0 spiro atoms. The van der Waals surface area contributed by atoms with Gasteiger partial charge < -0.3 is 11.1 Å². The minimum absolute atomic E-state index is 0.114. The van der Waals surface area contributed by atoms with Gasteiger partial charge in [-0.1, -0.05) is 6.07 Å². The van der Waals surface area contributed by atoms with Crippen molar-refractivity contribution in [3.8, 4) is 0 Å². The molecule has 0 aliphatic carbocycles. The van der Waals surface area contributed by atoms with Gasteiger partial charge in [-0.2, -0.15) is 0 Å². The number of pyridine rings is 1. The summed E-state index contributed by atoms with van der Waals surface area (Å²) in [5.74, 6) is -0.473. The summed E-state index contributed by atoms with van der Waals surface area (Å²) in [6.45, 7) is 1.76. The van der Waals surface area contributed by atoms with Crippen LogP contribution in [0.2, 0.25) is 0 Å². The fourth-order valence-corrected chi connectivity index (χ4v) is 4.26. The van der Waals surface area contributed by atoms with Crippen molar-refractivity contribution in [1.82, 2.24) is 4.98 Å². The molecule has 1 amide bonds. The number of nitrogens with two attached hydrogens (primary N) is 1. The second-order valence-electron chi connectivity index (χ2n) is 5.28. The largest absolute Gasteiger partial charge is 0.323 e. The maximum absolute atomic E-state index is 12.4. The van der Waals surface area contributed by atoms with Gasteiger partial charge in [0, 0.05) is 29.7 Å². The number of nitrogens with one attached hydrogen (secondary N) is 1. The SMILES string of the molecule is Cc1cc2c(cc1C(=O)Nc1ccncc1)S(=O)(=O)CC2N. The molecule has 1 aromatic heterocycles. The van der Waals surface area contributed by atoms with Crippen LogP contribution in [0, 0.1) is 6.92 Å². The number of anilines is 1. The number of nitrogens with zero attached hydrogens (tertiary/aromatic N) is 1. The molecule has 2 heterocycles. The van der Waals surface area contributed by atoms with Crippen molar-refractivity contribution in [3.05, 3.63) is 53.3 Å². The first-order valence-corrected chi connectivity index (χ1v) is 8.38. The molecule has 0 fully saturated rings. The van der Waals surface area contributed by atoms with E-state index in [1.807, 2.05) is 0 Å². The summed E-state index contributed by atoms with van der Waals surface area (Å²) < 4.78 is 24.2. The lowest BCUT2D eigenvalue weighted by molar-refractivity contribution is 0.102. The van der Waals surface area contributed by atoms with Gasteiger partial charge in [-0.25, -0.2) is 8.42 Å². The Hall–Kier alpha value is -2.25. The first-order chi connectivity index (χ1) is 10.4. The van der Waals surface area contributed by atoms with Crippen LogP contribution >= 0.6 is 0 Å². The van der Waals surface area contributed by atoms with Crippen LogP contribution in [0.4, 0.5) is 5.69 Å². The number of rotatable bonds is 2. The first kappa shape index (κ1) is 14.7. The zero-order chi connectivity index (χ0) is 15.9. The van der Waals surface area contributed by atoms with Gasteiger partial charge in [0.15, 0.2) is 9.84 Å². The van der Waals surface area contributed by atoms with E-state index in [-0.39, 0.29) is 16.6 Å². The van der Waals surface area contributed by atoms with Crippen LogP contribution in [0.15, 0.2) is 41.6 Å². The summed E-state index contributed by atoms with van der Waals surface area (Å²) in [7, 11) is -3.42. The van der Waals surface area contributed by atoms with Crippen LogP contribution in [0.5, 0.6) is 0 Å². The van der Waals surface area contributed by atoms with Gasteiger partial charge >= 0.3 is 0 Å². The van der Waals surface area contributed by atoms with Crippen LogP contribution in [0.1, 0.15) is 27.5 Å². The normalized spacial score (nSPS) is 18.7. The van der Waals surface area contributed by atoms with Crippen molar-refractivity contribution in [3.63, 3.8) is 0 Å². The predicted octanol–water partition coefficient (Wildman–Crippen LogP) is 1.43.